The first-order valence-electron chi connectivity index (χ1n) is 15.1. The van der Waals surface area contributed by atoms with Crippen molar-refractivity contribution in [2.45, 2.75) is 57.7 Å². The molecule has 5 heterocycles. The average molecular weight is 707 g/mol. The Labute approximate surface area is 289 Å². The first-order valence-corrected chi connectivity index (χ1v) is 15.8. The molecule has 1 aromatic carbocycles. The summed E-state index contributed by atoms with van der Waals surface area (Å²) in [6.07, 6.45) is 9.78. The van der Waals surface area contributed by atoms with E-state index in [1.54, 1.807) is 18.5 Å². The van der Waals surface area contributed by atoms with Gasteiger partial charge in [-0.2, -0.15) is 0 Å². The van der Waals surface area contributed by atoms with E-state index in [9.17, 15) is 4.79 Å². The molecule has 0 atom stereocenters. The van der Waals surface area contributed by atoms with Gasteiger partial charge in [0.05, 0.1) is 36.5 Å². The van der Waals surface area contributed by atoms with Crippen LogP contribution in [0.5, 0.6) is 11.6 Å². The van der Waals surface area contributed by atoms with Crippen LogP contribution in [0.25, 0.3) is 11.3 Å². The molecule has 3 aromatic heterocycles. The molecule has 10 nitrogen and oxygen atoms in total. The lowest BCUT2D eigenvalue weighted by Crippen LogP contribution is -2.35. The van der Waals surface area contributed by atoms with E-state index in [-0.39, 0.29) is 37.2 Å². The van der Waals surface area contributed by atoms with Crippen molar-refractivity contribution >= 4 is 59.9 Å². The summed E-state index contributed by atoms with van der Waals surface area (Å²) < 4.78 is 8.56. The van der Waals surface area contributed by atoms with Crippen LogP contribution in [-0.4, -0.2) is 60.1 Å². The zero-order valence-corrected chi connectivity index (χ0v) is 28.2. The third kappa shape index (κ3) is 8.04. The summed E-state index contributed by atoms with van der Waals surface area (Å²) in [4.78, 5) is 34.3. The predicted octanol–water partition coefficient (Wildman–Crippen LogP) is 7.26. The number of carbonyl (C=O) groups is 1. The van der Waals surface area contributed by atoms with Crippen molar-refractivity contribution in [3.8, 4) is 22.9 Å². The van der Waals surface area contributed by atoms with Crippen LogP contribution in [0, 0.1) is 5.92 Å². The van der Waals surface area contributed by atoms with Gasteiger partial charge in [-0.1, -0.05) is 23.2 Å². The number of likely N-dealkylation sites (tertiary alicyclic amines) is 1. The van der Waals surface area contributed by atoms with E-state index in [1.807, 2.05) is 30.5 Å². The van der Waals surface area contributed by atoms with Crippen molar-refractivity contribution in [1.82, 2.24) is 29.4 Å². The van der Waals surface area contributed by atoms with Crippen molar-refractivity contribution in [1.29, 1.82) is 0 Å². The number of piperidine rings is 1. The topological polar surface area (TPSA) is 109 Å². The van der Waals surface area contributed by atoms with E-state index in [2.05, 4.69) is 29.3 Å². The average Bonchev–Trinajstić information content (AvgIpc) is 3.76. The van der Waals surface area contributed by atoms with Crippen LogP contribution in [0.1, 0.15) is 55.1 Å². The Morgan fingerprint density at radius 1 is 0.891 bits per heavy atom. The molecule has 2 aliphatic heterocycles. The SMILES string of the molecule is Cl.Cl.O=C(O)CC1CCN(Cc2cc(Oc3cnc(N4CCn5c(cnc5C5CC5)C4)nc3)nc(-c3cc(Cl)cc(Cl)c3)c2)CC1. The number of ether oxygens (including phenoxy) is 1. The van der Waals surface area contributed by atoms with Gasteiger partial charge < -0.3 is 19.3 Å². The number of aliphatic carboxylic acids is 1. The molecule has 0 bridgehead atoms. The summed E-state index contributed by atoms with van der Waals surface area (Å²) in [6, 6.07) is 9.30. The number of nitrogens with zero attached hydrogens (tertiary/aromatic N) is 7. The van der Waals surface area contributed by atoms with Gasteiger partial charge in [0, 0.05) is 53.6 Å². The van der Waals surface area contributed by atoms with Gasteiger partial charge in [0.15, 0.2) is 5.75 Å². The number of hydrogen-bond acceptors (Lipinski definition) is 8. The first kappa shape index (κ1) is 34.2. The minimum atomic E-state index is -0.730. The highest BCUT2D eigenvalue weighted by Gasteiger charge is 2.31. The van der Waals surface area contributed by atoms with Crippen LogP contribution in [0.15, 0.2) is 48.9 Å². The number of carboxylic acid groups (broad SMARTS) is 1. The predicted molar refractivity (Wildman–Crippen MR) is 182 cm³/mol. The van der Waals surface area contributed by atoms with Crippen LogP contribution < -0.4 is 9.64 Å². The number of aromatic nitrogens is 5. The van der Waals surface area contributed by atoms with Crippen LogP contribution in [-0.2, 0) is 24.4 Å². The highest BCUT2D eigenvalue weighted by atomic mass is 35.5. The lowest BCUT2D eigenvalue weighted by atomic mass is 9.93. The number of hydrogen-bond donors (Lipinski definition) is 1. The largest absolute Gasteiger partial charge is 0.481 e. The lowest BCUT2D eigenvalue weighted by Gasteiger charge is -2.31. The smallest absolute Gasteiger partial charge is 0.303 e. The minimum Gasteiger partial charge on any atom is -0.481 e. The summed E-state index contributed by atoms with van der Waals surface area (Å²) in [5, 5.41) is 10.2. The zero-order chi connectivity index (χ0) is 30.2. The normalized spacial score (nSPS) is 16.7. The maximum atomic E-state index is 11.1. The molecule has 0 unspecified atom stereocenters. The van der Waals surface area contributed by atoms with Gasteiger partial charge in [0.25, 0.3) is 0 Å². The quantitative estimate of drug-likeness (QED) is 0.192. The maximum absolute atomic E-state index is 11.1. The van der Waals surface area contributed by atoms with E-state index >= 15 is 0 Å². The lowest BCUT2D eigenvalue weighted by molar-refractivity contribution is -0.138. The molecule has 1 saturated heterocycles. The Morgan fingerprint density at radius 3 is 2.28 bits per heavy atom. The van der Waals surface area contributed by atoms with Gasteiger partial charge in [-0.25, -0.2) is 19.9 Å². The van der Waals surface area contributed by atoms with E-state index in [0.29, 0.717) is 45.8 Å². The second kappa shape index (κ2) is 14.7. The van der Waals surface area contributed by atoms with Crippen molar-refractivity contribution in [3.05, 3.63) is 76.0 Å². The number of benzene rings is 1. The zero-order valence-electron chi connectivity index (χ0n) is 25.0. The molecular weight excluding hydrogens is 672 g/mol. The summed E-state index contributed by atoms with van der Waals surface area (Å²) in [5.41, 5.74) is 3.69. The third-order valence-corrected chi connectivity index (χ3v) is 9.01. The number of anilines is 1. The molecule has 3 aliphatic rings. The fourth-order valence-corrected chi connectivity index (χ4v) is 6.72. The number of pyridine rings is 1. The Hall–Kier alpha value is -3.15. The fourth-order valence-electron chi connectivity index (χ4n) is 6.20. The van der Waals surface area contributed by atoms with Crippen LogP contribution >= 0.6 is 48.0 Å². The van der Waals surface area contributed by atoms with Crippen LogP contribution in [0.2, 0.25) is 10.0 Å². The molecule has 7 rings (SSSR count). The summed E-state index contributed by atoms with van der Waals surface area (Å²) in [6.45, 7) is 4.79. The van der Waals surface area contributed by atoms with E-state index in [4.69, 9.17) is 38.0 Å². The van der Waals surface area contributed by atoms with Crippen LogP contribution in [0.3, 0.4) is 0 Å². The Bertz CT molecular complexity index is 1650. The minimum absolute atomic E-state index is 0. The second-order valence-corrected chi connectivity index (χ2v) is 12.8. The summed E-state index contributed by atoms with van der Waals surface area (Å²) >= 11 is 12.6. The molecule has 0 radical (unpaired) electrons. The maximum Gasteiger partial charge on any atom is 0.303 e. The Morgan fingerprint density at radius 2 is 1.61 bits per heavy atom. The molecule has 244 valence electrons. The number of rotatable bonds is 9. The van der Waals surface area contributed by atoms with Gasteiger partial charge >= 0.3 is 5.97 Å². The van der Waals surface area contributed by atoms with E-state index in [1.165, 1.54) is 24.4 Å². The fraction of sp³-hybridized carbons (Fsp3) is 0.406. The molecule has 1 N–H and O–H groups in total. The molecule has 0 amide bonds. The Balaban J connectivity index is 0.00000208. The third-order valence-electron chi connectivity index (χ3n) is 8.57. The molecule has 2 fully saturated rings. The van der Waals surface area contributed by atoms with Crippen LogP contribution in [0.4, 0.5) is 5.95 Å². The molecule has 46 heavy (non-hydrogen) atoms. The number of halogens is 4. The number of carboxylic acids is 1. The summed E-state index contributed by atoms with van der Waals surface area (Å²) in [5.74, 6) is 2.90. The molecule has 4 aromatic rings. The van der Waals surface area contributed by atoms with E-state index < -0.39 is 5.97 Å². The highest BCUT2D eigenvalue weighted by Crippen LogP contribution is 2.40. The van der Waals surface area contributed by atoms with Crippen molar-refractivity contribution in [2.24, 2.45) is 5.92 Å². The number of imidazole rings is 1. The van der Waals surface area contributed by atoms with Crippen molar-refractivity contribution in [3.63, 3.8) is 0 Å². The molecule has 1 aliphatic carbocycles. The van der Waals surface area contributed by atoms with Gasteiger partial charge in [-0.3, -0.25) is 9.69 Å². The molecule has 14 heteroatoms. The standard InChI is InChI=1S/C32H33Cl2N7O3.2ClH/c33-24-12-23(13-25(34)14-24)28-9-21(18-39-5-3-20(4-6-39)11-30(42)43)10-29(38-28)44-27-16-36-32(37-17-27)40-7-8-41-26(19-40)15-35-31(41)22-1-2-22;;/h9-10,12-17,20,22H,1-8,11,18-19H2,(H,42,43);2*1H. The molecule has 0 spiro atoms. The second-order valence-electron chi connectivity index (χ2n) is 12.0. The van der Waals surface area contributed by atoms with Gasteiger partial charge in [-0.05, 0) is 74.5 Å². The monoisotopic (exact) mass is 705 g/mol. The van der Waals surface area contributed by atoms with Gasteiger partial charge in [0.2, 0.25) is 11.8 Å². The van der Waals surface area contributed by atoms with Gasteiger partial charge in [0.1, 0.15) is 5.82 Å². The van der Waals surface area contributed by atoms with Gasteiger partial charge in [-0.15, -0.1) is 24.8 Å². The van der Waals surface area contributed by atoms with Crippen molar-refractivity contribution < 1.29 is 14.6 Å². The first-order chi connectivity index (χ1) is 21.4. The number of fused-ring (bicyclic) bond motifs is 1. The Kier molecular flexibility index (Phi) is 11.0. The highest BCUT2D eigenvalue weighted by molar-refractivity contribution is 6.35. The van der Waals surface area contributed by atoms with Crippen molar-refractivity contribution in [2.75, 3.05) is 24.5 Å². The molecular formula is C32H35Cl4N7O3. The van der Waals surface area contributed by atoms with E-state index in [0.717, 1.165) is 56.7 Å². The summed E-state index contributed by atoms with van der Waals surface area (Å²) in [7, 11) is 0. The molecule has 1 saturated carbocycles.